The Labute approximate surface area is 124 Å². The molecule has 0 aromatic heterocycles. The minimum Gasteiger partial charge on any atom is -0.468 e. The molecule has 1 fully saturated rings. The van der Waals surface area contributed by atoms with E-state index in [1.807, 2.05) is 18.2 Å². The van der Waals surface area contributed by atoms with Gasteiger partial charge in [-0.25, -0.2) is 0 Å². The first-order chi connectivity index (χ1) is 10.3. The fourth-order valence-corrected chi connectivity index (χ4v) is 2.90. The largest absolute Gasteiger partial charge is 0.468 e. The highest BCUT2D eigenvalue weighted by atomic mass is 16.5. The SMILES string of the molecule is COC(=O)[C@@H]1CCC(c2cccc(-c3ccccc3)c2)N1. The van der Waals surface area contributed by atoms with Crippen LogP contribution >= 0.6 is 0 Å². The molecule has 108 valence electrons. The van der Waals surface area contributed by atoms with E-state index in [4.69, 9.17) is 4.74 Å². The van der Waals surface area contributed by atoms with Gasteiger partial charge in [-0.15, -0.1) is 0 Å². The fourth-order valence-electron chi connectivity index (χ4n) is 2.90. The van der Waals surface area contributed by atoms with Crippen LogP contribution < -0.4 is 5.32 Å². The van der Waals surface area contributed by atoms with Gasteiger partial charge in [0.2, 0.25) is 0 Å². The van der Waals surface area contributed by atoms with Gasteiger partial charge in [0.25, 0.3) is 0 Å². The number of ether oxygens (including phenoxy) is 1. The zero-order valence-corrected chi connectivity index (χ0v) is 12.1. The third-order valence-corrected chi connectivity index (χ3v) is 4.03. The van der Waals surface area contributed by atoms with E-state index in [0.29, 0.717) is 0 Å². The van der Waals surface area contributed by atoms with Crippen LogP contribution in [0.1, 0.15) is 24.4 Å². The number of nitrogens with one attached hydrogen (secondary N) is 1. The number of hydrogen-bond donors (Lipinski definition) is 1. The smallest absolute Gasteiger partial charge is 0.322 e. The fraction of sp³-hybridized carbons (Fsp3) is 0.278. The van der Waals surface area contributed by atoms with Crippen molar-refractivity contribution >= 4 is 5.97 Å². The molecule has 0 bridgehead atoms. The van der Waals surface area contributed by atoms with Crippen molar-refractivity contribution in [2.75, 3.05) is 7.11 Å². The number of esters is 1. The van der Waals surface area contributed by atoms with Crippen LogP contribution in [-0.2, 0) is 9.53 Å². The second kappa shape index (κ2) is 6.10. The zero-order chi connectivity index (χ0) is 14.7. The normalized spacial score (nSPS) is 21.2. The van der Waals surface area contributed by atoms with E-state index in [0.717, 1.165) is 12.8 Å². The maximum absolute atomic E-state index is 11.6. The number of methoxy groups -OCH3 is 1. The van der Waals surface area contributed by atoms with E-state index in [2.05, 4.69) is 41.7 Å². The summed E-state index contributed by atoms with van der Waals surface area (Å²) < 4.78 is 4.81. The first-order valence-corrected chi connectivity index (χ1v) is 7.27. The molecule has 21 heavy (non-hydrogen) atoms. The maximum Gasteiger partial charge on any atom is 0.322 e. The Balaban J connectivity index is 1.80. The third-order valence-electron chi connectivity index (χ3n) is 4.03. The summed E-state index contributed by atoms with van der Waals surface area (Å²) in [5.41, 5.74) is 3.64. The molecule has 0 amide bonds. The lowest BCUT2D eigenvalue weighted by Crippen LogP contribution is -2.33. The van der Waals surface area contributed by atoms with Crippen molar-refractivity contribution in [3.05, 3.63) is 60.2 Å². The molecule has 2 aromatic carbocycles. The minimum atomic E-state index is -0.180. The van der Waals surface area contributed by atoms with Gasteiger partial charge in [0.15, 0.2) is 0 Å². The quantitative estimate of drug-likeness (QED) is 0.877. The number of rotatable bonds is 3. The third kappa shape index (κ3) is 2.98. The van der Waals surface area contributed by atoms with Crippen LogP contribution in [-0.4, -0.2) is 19.1 Å². The number of carbonyl (C=O) groups is 1. The Morgan fingerprint density at radius 2 is 1.81 bits per heavy atom. The first kappa shape index (κ1) is 13.8. The van der Waals surface area contributed by atoms with E-state index < -0.39 is 0 Å². The van der Waals surface area contributed by atoms with Gasteiger partial charge in [0, 0.05) is 6.04 Å². The lowest BCUT2D eigenvalue weighted by atomic mass is 9.99. The van der Waals surface area contributed by atoms with Crippen molar-refractivity contribution < 1.29 is 9.53 Å². The summed E-state index contributed by atoms with van der Waals surface area (Å²) in [6.07, 6.45) is 1.78. The molecule has 2 aromatic rings. The first-order valence-electron chi connectivity index (χ1n) is 7.27. The minimum absolute atomic E-state index is 0.170. The highest BCUT2D eigenvalue weighted by molar-refractivity contribution is 5.76. The van der Waals surface area contributed by atoms with E-state index in [-0.39, 0.29) is 18.1 Å². The summed E-state index contributed by atoms with van der Waals surface area (Å²) in [6, 6.07) is 18.9. The number of hydrogen-bond acceptors (Lipinski definition) is 3. The highest BCUT2D eigenvalue weighted by Crippen LogP contribution is 2.29. The molecular weight excluding hydrogens is 262 g/mol. The van der Waals surface area contributed by atoms with Crippen molar-refractivity contribution in [1.82, 2.24) is 5.32 Å². The highest BCUT2D eigenvalue weighted by Gasteiger charge is 2.30. The molecule has 1 N–H and O–H groups in total. The van der Waals surface area contributed by atoms with Crippen LogP contribution in [0.5, 0.6) is 0 Å². The van der Waals surface area contributed by atoms with Gasteiger partial charge in [-0.3, -0.25) is 10.1 Å². The lowest BCUT2D eigenvalue weighted by molar-refractivity contribution is -0.142. The van der Waals surface area contributed by atoms with Crippen LogP contribution in [0.3, 0.4) is 0 Å². The predicted octanol–water partition coefficient (Wildman–Crippen LogP) is 3.32. The molecule has 3 nitrogen and oxygen atoms in total. The standard InChI is InChI=1S/C18H19NO2/c1-21-18(20)17-11-10-16(19-17)15-9-5-8-14(12-15)13-6-3-2-4-7-13/h2-9,12,16-17,19H,10-11H2,1H3/t16?,17-/m0/s1. The van der Waals surface area contributed by atoms with Crippen LogP contribution in [0.2, 0.25) is 0 Å². The molecule has 1 aliphatic heterocycles. The molecule has 1 aliphatic rings. The summed E-state index contributed by atoms with van der Waals surface area (Å²) in [4.78, 5) is 11.6. The molecular formula is C18H19NO2. The summed E-state index contributed by atoms with van der Waals surface area (Å²) in [5, 5.41) is 3.36. The zero-order valence-electron chi connectivity index (χ0n) is 12.1. The monoisotopic (exact) mass is 281 g/mol. The lowest BCUT2D eigenvalue weighted by Gasteiger charge is -2.14. The maximum atomic E-state index is 11.6. The molecule has 0 aliphatic carbocycles. The average Bonchev–Trinajstić information content (AvgIpc) is 3.05. The van der Waals surface area contributed by atoms with Gasteiger partial charge < -0.3 is 4.74 Å². The summed E-state index contributed by atoms with van der Waals surface area (Å²) in [6.45, 7) is 0. The second-order valence-corrected chi connectivity index (χ2v) is 5.36. The molecule has 1 heterocycles. The molecule has 1 unspecified atom stereocenters. The van der Waals surface area contributed by atoms with Crippen molar-refractivity contribution in [2.24, 2.45) is 0 Å². The van der Waals surface area contributed by atoms with Gasteiger partial charge in [0.1, 0.15) is 6.04 Å². The van der Waals surface area contributed by atoms with Gasteiger partial charge in [-0.1, -0.05) is 48.5 Å². The van der Waals surface area contributed by atoms with Gasteiger partial charge >= 0.3 is 5.97 Å². The topological polar surface area (TPSA) is 38.3 Å². The van der Waals surface area contributed by atoms with Gasteiger partial charge in [0.05, 0.1) is 7.11 Å². The Hall–Kier alpha value is -2.13. The summed E-state index contributed by atoms with van der Waals surface area (Å²) in [7, 11) is 1.44. The van der Waals surface area contributed by atoms with Crippen molar-refractivity contribution in [3.8, 4) is 11.1 Å². The van der Waals surface area contributed by atoms with Crippen LogP contribution in [0, 0.1) is 0 Å². The summed E-state index contributed by atoms with van der Waals surface area (Å²) in [5.74, 6) is -0.170. The molecule has 3 heteroatoms. The molecule has 1 saturated heterocycles. The molecule has 3 rings (SSSR count). The van der Waals surface area contributed by atoms with Crippen LogP contribution in [0.25, 0.3) is 11.1 Å². The van der Waals surface area contributed by atoms with Crippen LogP contribution in [0.4, 0.5) is 0 Å². The van der Waals surface area contributed by atoms with E-state index >= 15 is 0 Å². The van der Waals surface area contributed by atoms with E-state index in [1.54, 1.807) is 0 Å². The van der Waals surface area contributed by atoms with E-state index in [9.17, 15) is 4.79 Å². The van der Waals surface area contributed by atoms with Crippen LogP contribution in [0.15, 0.2) is 54.6 Å². The molecule has 0 saturated carbocycles. The summed E-state index contributed by atoms with van der Waals surface area (Å²) >= 11 is 0. The van der Waals surface area contributed by atoms with Crippen molar-refractivity contribution in [2.45, 2.75) is 24.9 Å². The molecule has 0 spiro atoms. The average molecular weight is 281 g/mol. The van der Waals surface area contributed by atoms with Gasteiger partial charge in [-0.05, 0) is 35.6 Å². The predicted molar refractivity (Wildman–Crippen MR) is 82.8 cm³/mol. The van der Waals surface area contributed by atoms with E-state index in [1.165, 1.54) is 23.8 Å². The Bertz CT molecular complexity index is 624. The van der Waals surface area contributed by atoms with Crippen molar-refractivity contribution in [1.29, 1.82) is 0 Å². The van der Waals surface area contributed by atoms with Gasteiger partial charge in [-0.2, -0.15) is 0 Å². The van der Waals surface area contributed by atoms with Crippen molar-refractivity contribution in [3.63, 3.8) is 0 Å². The molecule has 0 radical (unpaired) electrons. The second-order valence-electron chi connectivity index (χ2n) is 5.36. The Morgan fingerprint density at radius 1 is 1.05 bits per heavy atom. The Kier molecular flexibility index (Phi) is 4.02. The number of benzene rings is 2. The molecule has 2 atom stereocenters. The number of carbonyl (C=O) groups excluding carboxylic acids is 1. The Morgan fingerprint density at radius 3 is 2.57 bits per heavy atom.